The predicted molar refractivity (Wildman–Crippen MR) is 144 cm³/mol. The summed E-state index contributed by atoms with van der Waals surface area (Å²) in [6.07, 6.45) is -33.0. The normalized spacial score (nSPS) is 51.0. The SMILES string of the molecule is CC(=O)N[C@H]1[C@H](O[C@H]2[C@@H](O)[C@@H](CO)O[C@@H](O[C@H]3[C@H](O)[C@@H](O)C(O)O[C@@H]3CO)[C@@H]2O[C@@H]2O[C@@H](C)[C@@H](O)[C@@H](O)[C@@H]2O)O[C@H](CO)[C@H](O)[C@@H]1O. The number of hydrogen-bond donors (Lipinski definition) is 13. The van der Waals surface area contributed by atoms with Crippen LogP contribution in [0, 0.1) is 0 Å². The van der Waals surface area contributed by atoms with Gasteiger partial charge in [-0.2, -0.15) is 0 Å². The standard InChI is InChI=1S/C26H45NO20/c1-6-12(32)16(36)19(39)25(41-6)47-22-21(46-24-11(27-7(2)31)15(35)13(33)8(3-28)43-24)14(34)9(4-29)44-26(22)45-20-10(5-30)42-23(40)18(38)17(20)37/h6,8-26,28-30,32-40H,3-5H2,1-2H3,(H,27,31)/t6-,8+,9+,10+,11+,12+,13-,14-,15+,16+,17+,18+,19-,20+,21-,22+,23?,24-,25-,26-/m0/s1. The molecule has 4 fully saturated rings. The zero-order chi connectivity index (χ0) is 34.9. The average Bonchev–Trinajstić information content (AvgIpc) is 3.04. The van der Waals surface area contributed by atoms with Crippen LogP contribution in [-0.2, 0) is 38.0 Å². The highest BCUT2D eigenvalue weighted by Gasteiger charge is 2.56. The second-order valence-corrected chi connectivity index (χ2v) is 11.9. The molecule has 21 nitrogen and oxygen atoms in total. The van der Waals surface area contributed by atoms with E-state index in [9.17, 15) is 66.1 Å². The molecule has 1 unspecified atom stereocenters. The van der Waals surface area contributed by atoms with Crippen molar-refractivity contribution >= 4 is 5.91 Å². The molecule has 0 saturated carbocycles. The molecule has 1 amide bonds. The number of nitrogens with one attached hydrogen (secondary N) is 1. The van der Waals surface area contributed by atoms with Crippen LogP contribution in [0.2, 0.25) is 0 Å². The van der Waals surface area contributed by atoms with Crippen LogP contribution in [0.25, 0.3) is 0 Å². The third-order valence-corrected chi connectivity index (χ3v) is 8.57. The van der Waals surface area contributed by atoms with Gasteiger partial charge in [0.15, 0.2) is 25.2 Å². The number of carbonyl (C=O) groups is 1. The number of carbonyl (C=O) groups excluding carboxylic acids is 1. The molecule has 13 N–H and O–H groups in total. The summed E-state index contributed by atoms with van der Waals surface area (Å²) in [5.41, 5.74) is 0. The Morgan fingerprint density at radius 1 is 0.553 bits per heavy atom. The van der Waals surface area contributed by atoms with E-state index in [1.165, 1.54) is 6.92 Å². The van der Waals surface area contributed by atoms with Crippen molar-refractivity contribution in [1.29, 1.82) is 0 Å². The Morgan fingerprint density at radius 3 is 1.70 bits per heavy atom. The Hall–Kier alpha value is -1.29. The topological polar surface area (TPSA) is 336 Å². The van der Waals surface area contributed by atoms with E-state index in [1.54, 1.807) is 0 Å². The van der Waals surface area contributed by atoms with Gasteiger partial charge in [0.2, 0.25) is 5.91 Å². The lowest BCUT2D eigenvalue weighted by Gasteiger charge is -2.50. The van der Waals surface area contributed by atoms with Gasteiger partial charge in [-0.1, -0.05) is 0 Å². The van der Waals surface area contributed by atoms with Crippen LogP contribution in [0.15, 0.2) is 0 Å². The van der Waals surface area contributed by atoms with Gasteiger partial charge in [0.1, 0.15) is 91.5 Å². The predicted octanol–water partition coefficient (Wildman–Crippen LogP) is -8.58. The number of ether oxygens (including phenoxy) is 7. The molecule has 0 aromatic carbocycles. The van der Waals surface area contributed by atoms with Gasteiger partial charge in [-0.3, -0.25) is 4.79 Å². The van der Waals surface area contributed by atoms with E-state index in [4.69, 9.17) is 33.2 Å². The van der Waals surface area contributed by atoms with E-state index >= 15 is 0 Å². The molecular weight excluding hydrogens is 646 g/mol. The lowest BCUT2D eigenvalue weighted by atomic mass is 9.94. The summed E-state index contributed by atoms with van der Waals surface area (Å²) < 4.78 is 39.7. The summed E-state index contributed by atoms with van der Waals surface area (Å²) in [6, 6.07) is -1.54. The minimum atomic E-state index is -1.95. The Balaban J connectivity index is 1.73. The van der Waals surface area contributed by atoms with Gasteiger partial charge in [-0.15, -0.1) is 0 Å². The molecule has 0 spiro atoms. The molecule has 4 saturated heterocycles. The summed E-state index contributed by atoms with van der Waals surface area (Å²) in [5.74, 6) is -0.710. The van der Waals surface area contributed by atoms with Crippen LogP contribution in [0.4, 0.5) is 0 Å². The van der Waals surface area contributed by atoms with Crippen molar-refractivity contribution in [2.45, 2.75) is 137 Å². The summed E-state index contributed by atoms with van der Waals surface area (Å²) in [5, 5.41) is 127. The molecule has 4 heterocycles. The van der Waals surface area contributed by atoms with Crippen molar-refractivity contribution in [2.24, 2.45) is 0 Å². The maximum absolute atomic E-state index is 12.0. The maximum atomic E-state index is 12.0. The molecule has 0 radical (unpaired) electrons. The highest BCUT2D eigenvalue weighted by atomic mass is 16.8. The second kappa shape index (κ2) is 16.2. The Kier molecular flexibility index (Phi) is 13.2. The van der Waals surface area contributed by atoms with Crippen LogP contribution in [0.1, 0.15) is 13.8 Å². The number of amides is 1. The average molecular weight is 692 g/mol. The van der Waals surface area contributed by atoms with E-state index in [-0.39, 0.29) is 0 Å². The van der Waals surface area contributed by atoms with Gasteiger partial charge in [-0.25, -0.2) is 0 Å². The molecule has 4 rings (SSSR count). The van der Waals surface area contributed by atoms with Gasteiger partial charge in [0.25, 0.3) is 0 Å². The maximum Gasteiger partial charge on any atom is 0.217 e. The summed E-state index contributed by atoms with van der Waals surface area (Å²) in [7, 11) is 0. The minimum Gasteiger partial charge on any atom is -0.394 e. The first kappa shape index (κ1) is 38.5. The zero-order valence-corrected chi connectivity index (χ0v) is 25.3. The minimum absolute atomic E-state index is 0.710. The third-order valence-electron chi connectivity index (χ3n) is 8.57. The smallest absolute Gasteiger partial charge is 0.217 e. The molecule has 0 aromatic heterocycles. The second-order valence-electron chi connectivity index (χ2n) is 11.9. The highest BCUT2D eigenvalue weighted by Crippen LogP contribution is 2.35. The molecule has 0 bridgehead atoms. The van der Waals surface area contributed by atoms with Crippen LogP contribution >= 0.6 is 0 Å². The number of rotatable bonds is 10. The molecule has 4 aliphatic rings. The van der Waals surface area contributed by atoms with Crippen LogP contribution in [0.5, 0.6) is 0 Å². The highest BCUT2D eigenvalue weighted by molar-refractivity contribution is 5.73. The summed E-state index contributed by atoms with van der Waals surface area (Å²) >= 11 is 0. The molecule has 47 heavy (non-hydrogen) atoms. The van der Waals surface area contributed by atoms with Crippen molar-refractivity contribution in [1.82, 2.24) is 5.32 Å². The Morgan fingerprint density at radius 2 is 1.11 bits per heavy atom. The van der Waals surface area contributed by atoms with Crippen molar-refractivity contribution in [3.05, 3.63) is 0 Å². The lowest BCUT2D eigenvalue weighted by molar-refractivity contribution is -0.400. The molecule has 0 aromatic rings. The lowest BCUT2D eigenvalue weighted by Crippen LogP contribution is -2.69. The van der Waals surface area contributed by atoms with Crippen LogP contribution in [0.3, 0.4) is 0 Å². The van der Waals surface area contributed by atoms with Crippen molar-refractivity contribution in [2.75, 3.05) is 19.8 Å². The Labute approximate surface area is 267 Å². The Bertz CT molecular complexity index is 1010. The van der Waals surface area contributed by atoms with Crippen LogP contribution in [-0.4, -0.2) is 210 Å². The third kappa shape index (κ3) is 8.04. The molecule has 4 aliphatic heterocycles. The van der Waals surface area contributed by atoms with Crippen molar-refractivity contribution < 1.29 is 99.2 Å². The molecule has 274 valence electrons. The first-order chi connectivity index (χ1) is 22.1. The molecule has 20 atom stereocenters. The quantitative estimate of drug-likeness (QED) is 0.101. The van der Waals surface area contributed by atoms with E-state index in [0.29, 0.717) is 0 Å². The summed E-state index contributed by atoms with van der Waals surface area (Å²) in [4.78, 5) is 12.0. The van der Waals surface area contributed by atoms with Crippen molar-refractivity contribution in [3.63, 3.8) is 0 Å². The van der Waals surface area contributed by atoms with E-state index in [1.807, 2.05) is 0 Å². The first-order valence-corrected chi connectivity index (χ1v) is 15.0. The monoisotopic (exact) mass is 691 g/mol. The van der Waals surface area contributed by atoms with E-state index in [0.717, 1.165) is 6.92 Å². The van der Waals surface area contributed by atoms with Crippen LogP contribution < -0.4 is 5.32 Å². The van der Waals surface area contributed by atoms with Gasteiger partial charge >= 0.3 is 0 Å². The fourth-order valence-corrected chi connectivity index (χ4v) is 5.86. The fourth-order valence-electron chi connectivity index (χ4n) is 5.86. The molecular formula is C26H45NO20. The number of hydrogen-bond acceptors (Lipinski definition) is 20. The number of aliphatic hydroxyl groups excluding tert-OH is 12. The van der Waals surface area contributed by atoms with Gasteiger partial charge in [0, 0.05) is 6.92 Å². The first-order valence-electron chi connectivity index (χ1n) is 15.0. The van der Waals surface area contributed by atoms with E-state index in [2.05, 4.69) is 5.32 Å². The molecule has 0 aliphatic carbocycles. The number of aliphatic hydroxyl groups is 12. The van der Waals surface area contributed by atoms with Gasteiger partial charge in [-0.05, 0) is 6.92 Å². The van der Waals surface area contributed by atoms with Gasteiger partial charge in [0.05, 0.1) is 25.9 Å². The molecule has 21 heteroatoms. The zero-order valence-electron chi connectivity index (χ0n) is 25.3. The van der Waals surface area contributed by atoms with Gasteiger partial charge < -0.3 is 99.8 Å². The summed E-state index contributed by atoms with van der Waals surface area (Å²) in [6.45, 7) is -0.177. The fraction of sp³-hybridized carbons (Fsp3) is 0.962. The van der Waals surface area contributed by atoms with E-state index < -0.39 is 148 Å². The largest absolute Gasteiger partial charge is 0.394 e. The van der Waals surface area contributed by atoms with Crippen molar-refractivity contribution in [3.8, 4) is 0 Å².